The maximum absolute atomic E-state index is 11.9. The van der Waals surface area contributed by atoms with Gasteiger partial charge in [0.05, 0.1) is 6.61 Å². The second-order valence-corrected chi connectivity index (χ2v) is 6.10. The number of carbonyl (C=O) groups excluding carboxylic acids is 2. The van der Waals surface area contributed by atoms with Crippen molar-refractivity contribution in [2.24, 2.45) is 5.92 Å². The topological polar surface area (TPSA) is 63.6 Å². The number of hydrogen-bond acceptors (Lipinski definition) is 4. The molecule has 0 fully saturated rings. The number of rotatable bonds is 6. The van der Waals surface area contributed by atoms with Crippen LogP contribution in [0, 0.1) is 5.92 Å². The summed E-state index contributed by atoms with van der Waals surface area (Å²) in [6.07, 6.45) is 6.43. The third-order valence-electron chi connectivity index (χ3n) is 4.20. The van der Waals surface area contributed by atoms with E-state index in [0.29, 0.717) is 19.3 Å². The summed E-state index contributed by atoms with van der Waals surface area (Å²) in [7, 11) is 0. The Bertz CT molecular complexity index is 461. The number of aliphatic hydroxyl groups is 1. The standard InChI is InChI=1S/C17H26O4/c1-12(11-18)6-5-9-17(4,21-14(3)19)15-8-7-13(2)16(20)10-15/h6-7,15,18H,5,8-11H2,1-4H3/b12-6+/t15-,17-/m1/s1. The Morgan fingerprint density at radius 3 is 2.71 bits per heavy atom. The van der Waals surface area contributed by atoms with Crippen LogP contribution in [-0.4, -0.2) is 29.1 Å². The van der Waals surface area contributed by atoms with Crippen molar-refractivity contribution in [2.75, 3.05) is 6.61 Å². The van der Waals surface area contributed by atoms with E-state index in [2.05, 4.69) is 0 Å². The molecule has 1 rings (SSSR count). The van der Waals surface area contributed by atoms with Crippen molar-refractivity contribution >= 4 is 11.8 Å². The van der Waals surface area contributed by atoms with E-state index in [0.717, 1.165) is 17.6 Å². The Balaban J connectivity index is 2.83. The Kier molecular flexibility index (Phi) is 6.34. The maximum Gasteiger partial charge on any atom is 0.303 e. The van der Waals surface area contributed by atoms with E-state index in [4.69, 9.17) is 9.84 Å². The molecule has 1 aliphatic carbocycles. The molecule has 0 aromatic carbocycles. The number of esters is 1. The second kappa shape index (κ2) is 7.55. The lowest BCUT2D eigenvalue weighted by molar-refractivity contribution is -0.163. The second-order valence-electron chi connectivity index (χ2n) is 6.10. The minimum atomic E-state index is -0.648. The van der Waals surface area contributed by atoms with Gasteiger partial charge in [-0.1, -0.05) is 17.7 Å². The van der Waals surface area contributed by atoms with Gasteiger partial charge in [-0.3, -0.25) is 9.59 Å². The average Bonchev–Trinajstić information content (AvgIpc) is 2.40. The molecule has 0 heterocycles. The van der Waals surface area contributed by atoms with Crippen molar-refractivity contribution in [1.29, 1.82) is 0 Å². The number of ketones is 1. The van der Waals surface area contributed by atoms with Crippen LogP contribution in [0.4, 0.5) is 0 Å². The van der Waals surface area contributed by atoms with E-state index in [-0.39, 0.29) is 24.3 Å². The number of carbonyl (C=O) groups is 2. The van der Waals surface area contributed by atoms with Crippen LogP contribution in [0.1, 0.15) is 53.4 Å². The summed E-state index contributed by atoms with van der Waals surface area (Å²) in [4.78, 5) is 23.3. The summed E-state index contributed by atoms with van der Waals surface area (Å²) < 4.78 is 5.56. The molecule has 1 N–H and O–H groups in total. The highest BCUT2D eigenvalue weighted by Crippen LogP contribution is 2.36. The van der Waals surface area contributed by atoms with Crippen LogP contribution in [0.2, 0.25) is 0 Å². The molecule has 4 heteroatoms. The fourth-order valence-corrected chi connectivity index (χ4v) is 2.70. The first-order chi connectivity index (χ1) is 9.78. The van der Waals surface area contributed by atoms with Gasteiger partial charge in [-0.25, -0.2) is 0 Å². The zero-order valence-corrected chi connectivity index (χ0v) is 13.4. The SMILES string of the molecule is CC(=O)O[C@](C)(CC/C=C(\C)CO)[C@@H]1CC=C(C)C(=O)C1. The van der Waals surface area contributed by atoms with Gasteiger partial charge in [-0.15, -0.1) is 0 Å². The number of hydrogen-bond donors (Lipinski definition) is 1. The lowest BCUT2D eigenvalue weighted by Crippen LogP contribution is -2.41. The third-order valence-corrected chi connectivity index (χ3v) is 4.20. The summed E-state index contributed by atoms with van der Waals surface area (Å²) in [5, 5.41) is 9.02. The number of Topliss-reactive ketones (excluding diaryl/α,β-unsaturated/α-hetero) is 1. The molecule has 0 spiro atoms. The molecule has 0 saturated heterocycles. The number of allylic oxidation sites excluding steroid dienone is 3. The van der Waals surface area contributed by atoms with Gasteiger partial charge in [0.1, 0.15) is 5.60 Å². The maximum atomic E-state index is 11.9. The van der Waals surface area contributed by atoms with Gasteiger partial charge in [0, 0.05) is 19.3 Å². The minimum Gasteiger partial charge on any atom is -0.459 e. The molecule has 0 aliphatic heterocycles. The van der Waals surface area contributed by atoms with Gasteiger partial charge in [0.2, 0.25) is 0 Å². The summed E-state index contributed by atoms with van der Waals surface area (Å²) in [5.74, 6) is -0.175. The summed E-state index contributed by atoms with van der Waals surface area (Å²) in [5.41, 5.74) is 1.05. The van der Waals surface area contributed by atoms with Crippen LogP contribution >= 0.6 is 0 Å². The largest absolute Gasteiger partial charge is 0.459 e. The van der Waals surface area contributed by atoms with Crippen molar-refractivity contribution in [3.8, 4) is 0 Å². The van der Waals surface area contributed by atoms with E-state index < -0.39 is 5.60 Å². The molecule has 4 nitrogen and oxygen atoms in total. The van der Waals surface area contributed by atoms with Gasteiger partial charge in [-0.05, 0) is 45.6 Å². The van der Waals surface area contributed by atoms with Crippen molar-refractivity contribution in [3.63, 3.8) is 0 Å². The molecule has 0 bridgehead atoms. The highest BCUT2D eigenvalue weighted by atomic mass is 16.6. The Morgan fingerprint density at radius 2 is 2.19 bits per heavy atom. The lowest BCUT2D eigenvalue weighted by atomic mass is 9.75. The molecule has 0 saturated carbocycles. The average molecular weight is 294 g/mol. The van der Waals surface area contributed by atoms with E-state index in [9.17, 15) is 9.59 Å². The van der Waals surface area contributed by atoms with Crippen molar-refractivity contribution < 1.29 is 19.4 Å². The Labute approximate surface area is 126 Å². The van der Waals surface area contributed by atoms with Crippen LogP contribution in [0.15, 0.2) is 23.3 Å². The first-order valence-electron chi connectivity index (χ1n) is 7.44. The molecule has 0 radical (unpaired) electrons. The van der Waals surface area contributed by atoms with Gasteiger partial charge < -0.3 is 9.84 Å². The van der Waals surface area contributed by atoms with Crippen LogP contribution in [0.3, 0.4) is 0 Å². The molecule has 118 valence electrons. The molecule has 0 amide bonds. The third kappa shape index (κ3) is 5.12. The predicted octanol–water partition coefficient (Wildman–Crippen LogP) is 2.95. The van der Waals surface area contributed by atoms with E-state index >= 15 is 0 Å². The molecular weight excluding hydrogens is 268 g/mol. The van der Waals surface area contributed by atoms with Crippen molar-refractivity contribution in [2.45, 2.75) is 59.0 Å². The van der Waals surface area contributed by atoms with E-state index in [1.807, 2.05) is 32.9 Å². The molecule has 2 atom stereocenters. The zero-order chi connectivity index (χ0) is 16.0. The van der Waals surface area contributed by atoms with Crippen LogP contribution in [0.5, 0.6) is 0 Å². The smallest absolute Gasteiger partial charge is 0.303 e. The van der Waals surface area contributed by atoms with Crippen LogP contribution < -0.4 is 0 Å². The number of aliphatic hydroxyl groups excluding tert-OH is 1. The first kappa shape index (κ1) is 17.6. The fourth-order valence-electron chi connectivity index (χ4n) is 2.70. The lowest BCUT2D eigenvalue weighted by Gasteiger charge is -2.38. The molecule has 1 aliphatic rings. The molecular formula is C17H26O4. The van der Waals surface area contributed by atoms with Gasteiger partial charge in [0.25, 0.3) is 0 Å². The Morgan fingerprint density at radius 1 is 1.52 bits per heavy atom. The Hall–Kier alpha value is -1.42. The molecule has 0 aromatic rings. The van der Waals surface area contributed by atoms with Gasteiger partial charge in [-0.2, -0.15) is 0 Å². The highest BCUT2D eigenvalue weighted by molar-refractivity contribution is 5.95. The van der Waals surface area contributed by atoms with Crippen LogP contribution in [-0.2, 0) is 14.3 Å². The van der Waals surface area contributed by atoms with E-state index in [1.165, 1.54) is 6.92 Å². The predicted molar refractivity (Wildman–Crippen MR) is 81.7 cm³/mol. The zero-order valence-electron chi connectivity index (χ0n) is 13.4. The van der Waals surface area contributed by atoms with Crippen molar-refractivity contribution in [1.82, 2.24) is 0 Å². The van der Waals surface area contributed by atoms with Crippen LogP contribution in [0.25, 0.3) is 0 Å². The monoisotopic (exact) mass is 294 g/mol. The van der Waals surface area contributed by atoms with Gasteiger partial charge >= 0.3 is 5.97 Å². The van der Waals surface area contributed by atoms with E-state index in [1.54, 1.807) is 0 Å². The molecule has 21 heavy (non-hydrogen) atoms. The summed E-state index contributed by atoms with van der Waals surface area (Å²) in [6, 6.07) is 0. The normalized spacial score (nSPS) is 22.5. The quantitative estimate of drug-likeness (QED) is 0.604. The number of ether oxygens (including phenoxy) is 1. The fraction of sp³-hybridized carbons (Fsp3) is 0.647. The highest BCUT2D eigenvalue weighted by Gasteiger charge is 2.39. The summed E-state index contributed by atoms with van der Waals surface area (Å²) in [6.45, 7) is 7.03. The molecule has 0 unspecified atom stereocenters. The van der Waals surface area contributed by atoms with Gasteiger partial charge in [0.15, 0.2) is 5.78 Å². The van der Waals surface area contributed by atoms with Crippen molar-refractivity contribution in [3.05, 3.63) is 23.3 Å². The minimum absolute atomic E-state index is 0.0143. The summed E-state index contributed by atoms with van der Waals surface area (Å²) >= 11 is 0. The molecule has 0 aromatic heterocycles. The first-order valence-corrected chi connectivity index (χ1v) is 7.44.